The molecule has 6 heteroatoms. The number of nitrogens with one attached hydrogen (secondary N) is 2. The second-order valence-electron chi connectivity index (χ2n) is 5.93. The number of likely N-dealkylation sites (N-methyl/N-ethyl adjacent to an activating group) is 1. The van der Waals surface area contributed by atoms with E-state index >= 15 is 0 Å². The van der Waals surface area contributed by atoms with Gasteiger partial charge in [0.25, 0.3) is 0 Å². The molecule has 0 spiro atoms. The maximum Gasteiger partial charge on any atom is 0.191 e. The molecular formula is C14H31IN4O. The summed E-state index contributed by atoms with van der Waals surface area (Å²) in [4.78, 5) is 6.60. The minimum Gasteiger partial charge on any atom is -0.381 e. The van der Waals surface area contributed by atoms with Gasteiger partial charge in [-0.2, -0.15) is 0 Å². The number of hydrogen-bond donors (Lipinski definition) is 2. The highest BCUT2D eigenvalue weighted by molar-refractivity contribution is 14.0. The molecule has 0 amide bonds. The van der Waals surface area contributed by atoms with E-state index < -0.39 is 0 Å². The minimum atomic E-state index is 0. The fourth-order valence-electron chi connectivity index (χ4n) is 2.30. The van der Waals surface area contributed by atoms with Crippen molar-refractivity contribution < 1.29 is 4.74 Å². The first-order chi connectivity index (χ1) is 9.00. The van der Waals surface area contributed by atoms with Crippen LogP contribution in [0.1, 0.15) is 26.7 Å². The highest BCUT2D eigenvalue weighted by Gasteiger charge is 2.34. The van der Waals surface area contributed by atoms with Gasteiger partial charge < -0.3 is 20.3 Å². The second-order valence-corrected chi connectivity index (χ2v) is 5.93. The molecule has 20 heavy (non-hydrogen) atoms. The van der Waals surface area contributed by atoms with Gasteiger partial charge in [0.05, 0.1) is 0 Å². The molecular weight excluding hydrogens is 367 g/mol. The van der Waals surface area contributed by atoms with Crippen LogP contribution >= 0.6 is 24.0 Å². The van der Waals surface area contributed by atoms with E-state index in [2.05, 4.69) is 48.5 Å². The third-order valence-electron chi connectivity index (χ3n) is 3.86. The van der Waals surface area contributed by atoms with E-state index in [9.17, 15) is 0 Å². The summed E-state index contributed by atoms with van der Waals surface area (Å²) in [6, 6.07) is 0. The highest BCUT2D eigenvalue weighted by Crippen LogP contribution is 2.24. The predicted molar refractivity (Wildman–Crippen MR) is 96.1 cm³/mol. The summed E-state index contributed by atoms with van der Waals surface area (Å²) >= 11 is 0. The molecule has 120 valence electrons. The van der Waals surface area contributed by atoms with Crippen LogP contribution in [-0.4, -0.2) is 63.8 Å². The zero-order chi connectivity index (χ0) is 14.3. The van der Waals surface area contributed by atoms with Crippen molar-refractivity contribution in [3.05, 3.63) is 0 Å². The van der Waals surface area contributed by atoms with Gasteiger partial charge in [0.2, 0.25) is 0 Å². The van der Waals surface area contributed by atoms with E-state index in [1.54, 1.807) is 0 Å². The largest absolute Gasteiger partial charge is 0.381 e. The first-order valence-corrected chi connectivity index (χ1v) is 7.20. The van der Waals surface area contributed by atoms with E-state index in [0.29, 0.717) is 5.92 Å². The molecule has 1 aliphatic heterocycles. The van der Waals surface area contributed by atoms with E-state index in [4.69, 9.17) is 4.74 Å². The Hall–Kier alpha value is -0.0800. The van der Waals surface area contributed by atoms with Crippen molar-refractivity contribution in [1.82, 2.24) is 15.5 Å². The van der Waals surface area contributed by atoms with Gasteiger partial charge in [-0.1, -0.05) is 13.8 Å². The summed E-state index contributed by atoms with van der Waals surface area (Å²) < 4.78 is 5.49. The van der Waals surface area contributed by atoms with E-state index in [0.717, 1.165) is 45.1 Å². The molecule has 5 nitrogen and oxygen atoms in total. The predicted octanol–water partition coefficient (Wildman–Crippen LogP) is 1.54. The molecule has 0 unspecified atom stereocenters. The summed E-state index contributed by atoms with van der Waals surface area (Å²) in [5.41, 5.74) is 0.174. The average molecular weight is 398 g/mol. The first-order valence-electron chi connectivity index (χ1n) is 7.20. The molecule has 2 N–H and O–H groups in total. The zero-order valence-electron chi connectivity index (χ0n) is 13.5. The molecule has 1 rings (SSSR count). The van der Waals surface area contributed by atoms with Crippen LogP contribution < -0.4 is 10.6 Å². The van der Waals surface area contributed by atoms with Gasteiger partial charge in [0.15, 0.2) is 5.96 Å². The molecule has 1 aliphatic rings. The Bertz CT molecular complexity index is 289. The Labute approximate surface area is 140 Å². The van der Waals surface area contributed by atoms with Crippen LogP contribution in [0.3, 0.4) is 0 Å². The minimum absolute atomic E-state index is 0. The third kappa shape index (κ3) is 6.13. The van der Waals surface area contributed by atoms with Gasteiger partial charge in [0.1, 0.15) is 0 Å². The second kappa shape index (κ2) is 9.78. The van der Waals surface area contributed by atoms with Crippen molar-refractivity contribution in [3.8, 4) is 0 Å². The van der Waals surface area contributed by atoms with E-state index in [1.165, 1.54) is 0 Å². The van der Waals surface area contributed by atoms with Gasteiger partial charge in [-0.05, 0) is 32.9 Å². The number of halogens is 1. The molecule has 0 atom stereocenters. The molecule has 0 saturated carbocycles. The Balaban J connectivity index is 0.00000361. The van der Waals surface area contributed by atoms with Crippen molar-refractivity contribution in [1.29, 1.82) is 0 Å². The Kier molecular flexibility index (Phi) is 9.74. The van der Waals surface area contributed by atoms with E-state index in [-0.39, 0.29) is 29.5 Å². The first kappa shape index (κ1) is 19.9. The monoisotopic (exact) mass is 398 g/mol. The Morgan fingerprint density at radius 3 is 2.30 bits per heavy atom. The lowest BCUT2D eigenvalue weighted by molar-refractivity contribution is -0.00501. The average Bonchev–Trinajstić information content (AvgIpc) is 2.39. The summed E-state index contributed by atoms with van der Waals surface area (Å²) in [6.07, 6.45) is 2.13. The number of ether oxygens (including phenoxy) is 1. The van der Waals surface area contributed by atoms with Gasteiger partial charge >= 0.3 is 0 Å². The smallest absolute Gasteiger partial charge is 0.191 e. The number of nitrogens with zero attached hydrogens (tertiary/aromatic N) is 2. The topological polar surface area (TPSA) is 48.9 Å². The van der Waals surface area contributed by atoms with Crippen molar-refractivity contribution in [2.45, 2.75) is 32.2 Å². The van der Waals surface area contributed by atoms with Gasteiger partial charge in [-0.3, -0.25) is 4.99 Å². The molecule has 0 bridgehead atoms. The van der Waals surface area contributed by atoms with Gasteiger partial charge in [-0.15, -0.1) is 24.0 Å². The van der Waals surface area contributed by atoms with Crippen molar-refractivity contribution in [2.24, 2.45) is 10.9 Å². The maximum absolute atomic E-state index is 5.49. The number of hydrogen-bond acceptors (Lipinski definition) is 3. The Morgan fingerprint density at radius 2 is 1.85 bits per heavy atom. The van der Waals surface area contributed by atoms with Crippen LogP contribution in [-0.2, 0) is 4.74 Å². The van der Waals surface area contributed by atoms with Crippen LogP contribution in [0.4, 0.5) is 0 Å². The standard InChI is InChI=1S/C14H30N4O.HI/c1-12(2)10-16-13(15-3)17-11-14(18(4)5)6-8-19-9-7-14;/h12H,6-11H2,1-5H3,(H2,15,16,17);1H. The maximum atomic E-state index is 5.49. The van der Waals surface area contributed by atoms with Crippen molar-refractivity contribution in [2.75, 3.05) is 47.4 Å². The molecule has 0 aromatic carbocycles. The molecule has 1 fully saturated rings. The van der Waals surface area contributed by atoms with Crippen LogP contribution in [0, 0.1) is 5.92 Å². The van der Waals surface area contributed by atoms with Crippen LogP contribution in [0.5, 0.6) is 0 Å². The summed E-state index contributed by atoms with van der Waals surface area (Å²) in [5, 5.41) is 6.81. The van der Waals surface area contributed by atoms with Crippen LogP contribution in [0.15, 0.2) is 4.99 Å². The summed E-state index contributed by atoms with van der Waals surface area (Å²) in [7, 11) is 6.12. The zero-order valence-corrected chi connectivity index (χ0v) is 15.9. The van der Waals surface area contributed by atoms with Gasteiger partial charge in [-0.25, -0.2) is 0 Å². The molecule has 0 aliphatic carbocycles. The molecule has 0 radical (unpaired) electrons. The van der Waals surface area contributed by atoms with E-state index in [1.807, 2.05) is 7.05 Å². The van der Waals surface area contributed by atoms with Crippen LogP contribution in [0.2, 0.25) is 0 Å². The molecule has 1 heterocycles. The lowest BCUT2D eigenvalue weighted by atomic mass is 9.88. The Morgan fingerprint density at radius 1 is 1.25 bits per heavy atom. The van der Waals surface area contributed by atoms with Crippen molar-refractivity contribution >= 4 is 29.9 Å². The SMILES string of the molecule is CN=C(NCC(C)C)NCC1(N(C)C)CCOCC1.I. The van der Waals surface area contributed by atoms with Crippen molar-refractivity contribution in [3.63, 3.8) is 0 Å². The fourth-order valence-corrected chi connectivity index (χ4v) is 2.30. The highest BCUT2D eigenvalue weighted by atomic mass is 127. The summed E-state index contributed by atoms with van der Waals surface area (Å²) in [5.74, 6) is 1.51. The number of aliphatic imine (C=N–C) groups is 1. The number of guanidine groups is 1. The normalized spacial score (nSPS) is 18.9. The third-order valence-corrected chi connectivity index (χ3v) is 3.86. The summed E-state index contributed by atoms with van der Waals surface area (Å²) in [6.45, 7) is 7.93. The van der Waals surface area contributed by atoms with Gasteiger partial charge in [0, 0.05) is 38.9 Å². The van der Waals surface area contributed by atoms with Crippen LogP contribution in [0.25, 0.3) is 0 Å². The fraction of sp³-hybridized carbons (Fsp3) is 0.929. The quantitative estimate of drug-likeness (QED) is 0.419. The molecule has 1 saturated heterocycles. The number of rotatable bonds is 5. The lowest BCUT2D eigenvalue weighted by Crippen LogP contribution is -2.57. The molecule has 0 aromatic rings. The lowest BCUT2D eigenvalue weighted by Gasteiger charge is -2.43. The molecule has 0 aromatic heterocycles.